The molecule has 0 heterocycles. The first-order chi connectivity index (χ1) is 3.91. The average molecular weight is 229 g/mol. The van der Waals surface area contributed by atoms with Crippen LogP contribution in [0, 0.1) is 12.5 Å². The molecule has 0 atom stereocenters. The number of halogens is 2. The largest absolute Gasteiger partial charge is 2.00 e. The molecule has 0 bridgehead atoms. The van der Waals surface area contributed by atoms with Crippen molar-refractivity contribution in [2.45, 2.75) is 20.3 Å². The third-order valence-electron chi connectivity index (χ3n) is 0.586. The molecule has 0 radical (unpaired) electrons. The van der Waals surface area contributed by atoms with E-state index >= 15 is 0 Å². The zero-order valence-electron chi connectivity index (χ0n) is 6.83. The monoisotopic (exact) mass is 228 g/mol. The van der Waals surface area contributed by atoms with Crippen LogP contribution in [0.15, 0.2) is 18.2 Å². The Kier molecular flexibility index (Phi) is 46.1. The Morgan fingerprint density at radius 2 is 1.73 bits per heavy atom. The van der Waals surface area contributed by atoms with E-state index in [1.54, 1.807) is 0 Å². The van der Waals surface area contributed by atoms with Gasteiger partial charge in [0.15, 0.2) is 0 Å². The minimum Gasteiger partial charge on any atom is -0.335 e. The van der Waals surface area contributed by atoms with Crippen molar-refractivity contribution < 1.29 is 21.7 Å². The van der Waals surface area contributed by atoms with Crippen LogP contribution in [0.2, 0.25) is 0 Å². The van der Waals surface area contributed by atoms with Gasteiger partial charge in [0.25, 0.3) is 0 Å². The van der Waals surface area contributed by atoms with Crippen molar-refractivity contribution >= 4 is 24.8 Å². The summed E-state index contributed by atoms with van der Waals surface area (Å²) in [6.45, 7) is 4.00. The van der Waals surface area contributed by atoms with Gasteiger partial charge in [-0.05, 0) is 0 Å². The van der Waals surface area contributed by atoms with E-state index < -0.39 is 0 Å². The molecule has 0 unspecified atom stereocenters. The van der Waals surface area contributed by atoms with Crippen molar-refractivity contribution in [1.29, 1.82) is 0 Å². The Bertz CT molecular complexity index is 80.1. The molecule has 1 aliphatic rings. The van der Waals surface area contributed by atoms with Crippen LogP contribution in [0.4, 0.5) is 0 Å². The molecule has 0 saturated heterocycles. The fourth-order valence-electron chi connectivity index (χ4n) is 0.340. The van der Waals surface area contributed by atoms with Crippen molar-refractivity contribution in [3.8, 4) is 0 Å². The summed E-state index contributed by atoms with van der Waals surface area (Å²) in [7, 11) is 0. The fraction of sp³-hybridized carbons (Fsp3) is 0.375. The summed E-state index contributed by atoms with van der Waals surface area (Å²) in [4.78, 5) is 0. The van der Waals surface area contributed by atoms with Gasteiger partial charge in [-0.3, -0.25) is 6.08 Å². The van der Waals surface area contributed by atoms with Gasteiger partial charge in [-0.25, -0.2) is 12.2 Å². The van der Waals surface area contributed by atoms with Crippen LogP contribution in [-0.4, -0.2) is 0 Å². The van der Waals surface area contributed by atoms with E-state index in [2.05, 4.69) is 12.2 Å². The predicted octanol–water partition coefficient (Wildman–Crippen LogP) is 3.38. The molecule has 0 aliphatic heterocycles. The number of rotatable bonds is 0. The van der Waals surface area contributed by atoms with Crippen LogP contribution < -0.4 is 0 Å². The van der Waals surface area contributed by atoms with E-state index in [4.69, 9.17) is 0 Å². The van der Waals surface area contributed by atoms with Gasteiger partial charge >= 0.3 is 21.7 Å². The molecule has 0 saturated carbocycles. The Morgan fingerprint density at radius 1 is 1.27 bits per heavy atom. The van der Waals surface area contributed by atoms with Gasteiger partial charge in [0, 0.05) is 0 Å². The first-order valence-corrected chi connectivity index (χ1v) is 2.87. The molecule has 0 nitrogen and oxygen atoms in total. The summed E-state index contributed by atoms with van der Waals surface area (Å²) in [6, 6.07) is 0. The van der Waals surface area contributed by atoms with E-state index in [0.717, 1.165) is 6.42 Å². The summed E-state index contributed by atoms with van der Waals surface area (Å²) >= 11 is 0. The summed E-state index contributed by atoms with van der Waals surface area (Å²) in [5.74, 6) is 0. The van der Waals surface area contributed by atoms with Crippen LogP contribution in [0.3, 0.4) is 0 Å². The second-order valence-electron chi connectivity index (χ2n) is 1.58. The van der Waals surface area contributed by atoms with E-state index in [9.17, 15) is 0 Å². The third kappa shape index (κ3) is 24.9. The molecular weight excluding hydrogens is 215 g/mol. The molecule has 0 spiro atoms. The molecule has 64 valence electrons. The van der Waals surface area contributed by atoms with Crippen LogP contribution >= 0.6 is 24.8 Å². The topological polar surface area (TPSA) is 0 Å². The molecule has 0 amide bonds. The van der Waals surface area contributed by atoms with Gasteiger partial charge in [0.05, 0.1) is 0 Å². The molecule has 0 N–H and O–H groups in total. The van der Waals surface area contributed by atoms with E-state index in [1.165, 1.54) is 0 Å². The van der Waals surface area contributed by atoms with Gasteiger partial charge in [0.2, 0.25) is 0 Å². The second kappa shape index (κ2) is 22.4. The maximum atomic E-state index is 2.99. The third-order valence-corrected chi connectivity index (χ3v) is 0.586. The SMILES string of the molecule is C[CH-]C.Cl.Cl.[C-]1=CC=CC1.[Ti+2]. The molecule has 3 heteroatoms. The maximum Gasteiger partial charge on any atom is 2.00 e. The summed E-state index contributed by atoms with van der Waals surface area (Å²) in [5, 5.41) is 0. The molecule has 0 aromatic rings. The van der Waals surface area contributed by atoms with Gasteiger partial charge in [-0.1, -0.05) is 0 Å². The first-order valence-electron chi connectivity index (χ1n) is 2.87. The average Bonchev–Trinajstić information content (AvgIpc) is 2.17. The smallest absolute Gasteiger partial charge is 0.335 e. The zero-order chi connectivity index (χ0) is 6.24. The molecule has 11 heavy (non-hydrogen) atoms. The molecule has 1 rings (SSSR count). The minimum absolute atomic E-state index is 0. The summed E-state index contributed by atoms with van der Waals surface area (Å²) < 4.78 is 0. The van der Waals surface area contributed by atoms with Crippen molar-refractivity contribution in [3.05, 3.63) is 30.7 Å². The van der Waals surface area contributed by atoms with Crippen LogP contribution in [0.5, 0.6) is 0 Å². The minimum atomic E-state index is 0. The van der Waals surface area contributed by atoms with Crippen molar-refractivity contribution in [2.75, 3.05) is 0 Å². The van der Waals surface area contributed by atoms with Crippen molar-refractivity contribution in [1.82, 2.24) is 0 Å². The van der Waals surface area contributed by atoms with Crippen LogP contribution in [0.25, 0.3) is 0 Å². The Labute approximate surface area is 97.2 Å². The van der Waals surface area contributed by atoms with Crippen molar-refractivity contribution in [2.24, 2.45) is 0 Å². The van der Waals surface area contributed by atoms with E-state index in [1.807, 2.05) is 32.4 Å². The van der Waals surface area contributed by atoms with Gasteiger partial charge in [-0.15, -0.1) is 31.2 Å². The van der Waals surface area contributed by atoms with Gasteiger partial charge in [0.1, 0.15) is 0 Å². The number of hydrogen-bond acceptors (Lipinski definition) is 0. The Hall–Kier alpha value is 0.774. The number of hydrogen-bond donors (Lipinski definition) is 0. The summed E-state index contributed by atoms with van der Waals surface area (Å²) in [5.41, 5.74) is 0. The molecular formula is C8H14Cl2Ti. The summed E-state index contributed by atoms with van der Waals surface area (Å²) in [6.07, 6.45) is 12.0. The standard InChI is InChI=1S/C5H5.C3H7.2ClH.Ti/c1-2-4-5-3-1;1-3-2;;;/h1-3H,4H2;3H,1-2H3;2*1H;/q2*-1;;;+2. The Morgan fingerprint density at radius 3 is 1.82 bits per heavy atom. The molecule has 0 aromatic heterocycles. The normalized spacial score (nSPS) is 9.64. The zero-order valence-corrected chi connectivity index (χ0v) is 10.0. The fourth-order valence-corrected chi connectivity index (χ4v) is 0.340. The van der Waals surface area contributed by atoms with Gasteiger partial charge < -0.3 is 6.42 Å². The van der Waals surface area contributed by atoms with Crippen molar-refractivity contribution in [3.63, 3.8) is 0 Å². The predicted molar refractivity (Wildman–Crippen MR) is 51.7 cm³/mol. The van der Waals surface area contributed by atoms with Crippen LogP contribution in [-0.2, 0) is 21.7 Å². The van der Waals surface area contributed by atoms with E-state index in [0.29, 0.717) is 0 Å². The van der Waals surface area contributed by atoms with Gasteiger partial charge in [-0.2, -0.15) is 19.9 Å². The first kappa shape index (κ1) is 22.6. The number of allylic oxidation sites excluding steroid dienone is 4. The Balaban J connectivity index is -0.0000000379. The molecule has 0 fully saturated rings. The maximum absolute atomic E-state index is 2.99. The van der Waals surface area contributed by atoms with E-state index in [-0.39, 0.29) is 46.5 Å². The second-order valence-corrected chi connectivity index (χ2v) is 1.58. The van der Waals surface area contributed by atoms with Crippen LogP contribution in [0.1, 0.15) is 20.3 Å². The molecule has 1 aliphatic carbocycles. The quantitative estimate of drug-likeness (QED) is 0.441. The molecule has 0 aromatic carbocycles.